The Morgan fingerprint density at radius 3 is 2.89 bits per heavy atom. The van der Waals surface area contributed by atoms with Gasteiger partial charge in [0.2, 0.25) is 0 Å². The van der Waals surface area contributed by atoms with E-state index in [1.807, 2.05) is 0 Å². The lowest BCUT2D eigenvalue weighted by Crippen LogP contribution is -2.39. The van der Waals surface area contributed by atoms with Gasteiger partial charge >= 0.3 is 0 Å². The van der Waals surface area contributed by atoms with E-state index in [4.69, 9.17) is 9.73 Å². The van der Waals surface area contributed by atoms with Gasteiger partial charge in [-0.05, 0) is 43.7 Å². The maximum Gasteiger partial charge on any atom is 0.191 e. The van der Waals surface area contributed by atoms with Crippen molar-refractivity contribution in [2.24, 2.45) is 10.4 Å². The zero-order valence-corrected chi connectivity index (χ0v) is 19.0. The number of halogens is 1. The summed E-state index contributed by atoms with van der Waals surface area (Å²) in [5.41, 5.74) is 1.27. The van der Waals surface area contributed by atoms with E-state index >= 15 is 0 Å². The molecule has 7 heteroatoms. The second-order valence-electron chi connectivity index (χ2n) is 7.32. The first kappa shape index (κ1) is 23.0. The highest BCUT2D eigenvalue weighted by Crippen LogP contribution is 2.32. The number of hydrogen-bond acceptors (Lipinski definition) is 3. The number of benzene rings is 1. The van der Waals surface area contributed by atoms with Crippen molar-refractivity contribution in [1.29, 1.82) is 0 Å². The number of aliphatic imine (C=N–C) groups is 1. The predicted molar refractivity (Wildman–Crippen MR) is 126 cm³/mol. The number of rotatable bonds is 9. The normalized spacial score (nSPS) is 19.6. The smallest absolute Gasteiger partial charge is 0.191 e. The van der Waals surface area contributed by atoms with Crippen molar-refractivity contribution in [3.8, 4) is 0 Å². The molecule has 1 unspecified atom stereocenters. The molecule has 1 aromatic carbocycles. The molecule has 0 bridgehead atoms. The van der Waals surface area contributed by atoms with Crippen molar-refractivity contribution >= 4 is 40.8 Å². The number of aliphatic hydroxyl groups is 1. The lowest BCUT2D eigenvalue weighted by Gasteiger charge is -2.24. The third-order valence-corrected chi connectivity index (χ3v) is 5.29. The Morgan fingerprint density at radius 1 is 1.29 bits per heavy atom. The van der Waals surface area contributed by atoms with Crippen LogP contribution in [0.5, 0.6) is 0 Å². The van der Waals surface area contributed by atoms with E-state index in [1.54, 1.807) is 0 Å². The maximum absolute atomic E-state index is 9.36. The topological polar surface area (TPSA) is 70.8 Å². The fourth-order valence-electron chi connectivity index (χ4n) is 3.67. The van der Waals surface area contributed by atoms with Gasteiger partial charge in [-0.25, -0.2) is 0 Å². The Morgan fingerprint density at radius 2 is 2.14 bits per heavy atom. The molecule has 3 rings (SSSR count). The molecule has 1 saturated heterocycles. The molecule has 1 fully saturated rings. The summed E-state index contributed by atoms with van der Waals surface area (Å²) >= 11 is 0. The second-order valence-corrected chi connectivity index (χ2v) is 7.32. The number of ether oxygens (including phenoxy) is 1. The summed E-state index contributed by atoms with van der Waals surface area (Å²) in [7, 11) is 0. The quantitative estimate of drug-likeness (QED) is 0.214. The van der Waals surface area contributed by atoms with Crippen LogP contribution in [-0.2, 0) is 11.3 Å². The molecule has 156 valence electrons. The van der Waals surface area contributed by atoms with E-state index in [2.05, 4.69) is 58.7 Å². The van der Waals surface area contributed by atoms with Crippen LogP contribution in [-0.4, -0.2) is 55.1 Å². The number of hydrogen-bond donors (Lipinski definition) is 3. The van der Waals surface area contributed by atoms with Crippen LogP contribution in [0.4, 0.5) is 0 Å². The van der Waals surface area contributed by atoms with Gasteiger partial charge in [0, 0.05) is 50.0 Å². The first-order chi connectivity index (χ1) is 13.3. The van der Waals surface area contributed by atoms with Crippen LogP contribution in [0.1, 0.15) is 26.2 Å². The third-order valence-electron chi connectivity index (χ3n) is 5.29. The van der Waals surface area contributed by atoms with Crippen molar-refractivity contribution in [3.63, 3.8) is 0 Å². The minimum atomic E-state index is -0.0127. The highest BCUT2D eigenvalue weighted by molar-refractivity contribution is 14.0. The zero-order valence-electron chi connectivity index (χ0n) is 16.7. The van der Waals surface area contributed by atoms with Crippen molar-refractivity contribution in [2.75, 3.05) is 39.5 Å². The highest BCUT2D eigenvalue weighted by Gasteiger charge is 2.34. The molecule has 1 aliphatic rings. The highest BCUT2D eigenvalue weighted by atomic mass is 127. The van der Waals surface area contributed by atoms with Gasteiger partial charge in [-0.1, -0.05) is 18.2 Å². The first-order valence-electron chi connectivity index (χ1n) is 10.0. The minimum absolute atomic E-state index is 0. The molecule has 0 aliphatic carbocycles. The van der Waals surface area contributed by atoms with E-state index in [9.17, 15) is 5.11 Å². The van der Waals surface area contributed by atoms with Crippen molar-refractivity contribution < 1.29 is 9.84 Å². The van der Waals surface area contributed by atoms with Crippen LogP contribution >= 0.6 is 24.0 Å². The minimum Gasteiger partial charge on any atom is -0.396 e. The van der Waals surface area contributed by atoms with E-state index in [0.717, 1.165) is 51.5 Å². The summed E-state index contributed by atoms with van der Waals surface area (Å²) < 4.78 is 7.86. The SMILES string of the molecule is CCNC(=NCC1(CCO)CCOC1)NCCCn1ccc2ccccc21.I. The summed E-state index contributed by atoms with van der Waals surface area (Å²) in [6, 6.07) is 10.6. The number of aromatic nitrogens is 1. The average Bonchev–Trinajstić information content (AvgIpc) is 3.31. The molecule has 28 heavy (non-hydrogen) atoms. The molecule has 0 spiro atoms. The van der Waals surface area contributed by atoms with E-state index in [1.165, 1.54) is 10.9 Å². The summed E-state index contributed by atoms with van der Waals surface area (Å²) in [6.45, 7) is 7.08. The van der Waals surface area contributed by atoms with Crippen LogP contribution in [0.15, 0.2) is 41.5 Å². The molecule has 0 amide bonds. The molecule has 0 saturated carbocycles. The maximum atomic E-state index is 9.36. The number of para-hydroxylation sites is 1. The number of nitrogens with zero attached hydrogens (tertiary/aromatic N) is 2. The Balaban J connectivity index is 0.00000280. The van der Waals surface area contributed by atoms with Crippen molar-refractivity contribution in [2.45, 2.75) is 32.7 Å². The van der Waals surface area contributed by atoms with Gasteiger partial charge in [0.1, 0.15) is 0 Å². The lowest BCUT2D eigenvalue weighted by molar-refractivity contribution is 0.131. The molecule has 1 atom stereocenters. The van der Waals surface area contributed by atoms with E-state index in [0.29, 0.717) is 13.2 Å². The molecular weight excluding hydrogens is 467 g/mol. The van der Waals surface area contributed by atoms with Gasteiger partial charge < -0.3 is 25.0 Å². The molecule has 2 heterocycles. The van der Waals surface area contributed by atoms with Crippen LogP contribution in [0, 0.1) is 5.41 Å². The van der Waals surface area contributed by atoms with Gasteiger partial charge in [-0.15, -0.1) is 24.0 Å². The van der Waals surface area contributed by atoms with Crippen LogP contribution in [0.25, 0.3) is 10.9 Å². The van der Waals surface area contributed by atoms with E-state index in [-0.39, 0.29) is 36.0 Å². The number of aryl methyl sites for hydroxylation is 1. The van der Waals surface area contributed by atoms with Gasteiger partial charge in [-0.2, -0.15) is 0 Å². The number of fused-ring (bicyclic) bond motifs is 1. The zero-order chi connectivity index (χ0) is 19.0. The third kappa shape index (κ3) is 6.09. The van der Waals surface area contributed by atoms with Crippen LogP contribution < -0.4 is 10.6 Å². The lowest BCUT2D eigenvalue weighted by atomic mass is 9.84. The molecule has 2 aromatic rings. The van der Waals surface area contributed by atoms with E-state index < -0.39 is 0 Å². The summed E-state index contributed by atoms with van der Waals surface area (Å²) in [5, 5.41) is 17.4. The van der Waals surface area contributed by atoms with Crippen molar-refractivity contribution in [1.82, 2.24) is 15.2 Å². The van der Waals surface area contributed by atoms with Crippen molar-refractivity contribution in [3.05, 3.63) is 36.5 Å². The molecule has 1 aliphatic heterocycles. The average molecular weight is 500 g/mol. The molecule has 3 N–H and O–H groups in total. The van der Waals surface area contributed by atoms with Gasteiger partial charge in [0.25, 0.3) is 0 Å². The Bertz CT molecular complexity index is 741. The molecule has 1 aromatic heterocycles. The van der Waals surface area contributed by atoms with Gasteiger partial charge in [0.05, 0.1) is 13.2 Å². The fourth-order valence-corrected chi connectivity index (χ4v) is 3.67. The second kappa shape index (κ2) is 11.6. The first-order valence-corrected chi connectivity index (χ1v) is 10.0. The molecule has 0 radical (unpaired) electrons. The summed E-state index contributed by atoms with van der Waals surface area (Å²) in [4.78, 5) is 4.77. The Kier molecular flexibility index (Phi) is 9.53. The number of aliphatic hydroxyl groups excluding tert-OH is 1. The van der Waals surface area contributed by atoms with Gasteiger partial charge in [-0.3, -0.25) is 4.99 Å². The number of nitrogens with one attached hydrogen (secondary N) is 2. The fraction of sp³-hybridized carbons (Fsp3) is 0.571. The van der Waals surface area contributed by atoms with Crippen LogP contribution in [0.3, 0.4) is 0 Å². The molecule has 6 nitrogen and oxygen atoms in total. The summed E-state index contributed by atoms with van der Waals surface area (Å²) in [6.07, 6.45) is 4.89. The number of guanidine groups is 1. The van der Waals surface area contributed by atoms with Crippen LogP contribution in [0.2, 0.25) is 0 Å². The van der Waals surface area contributed by atoms with Gasteiger partial charge in [0.15, 0.2) is 5.96 Å². The summed E-state index contributed by atoms with van der Waals surface area (Å²) in [5.74, 6) is 0.846. The Labute approximate surface area is 184 Å². The largest absolute Gasteiger partial charge is 0.396 e. The molecular formula is C21H33IN4O2. The standard InChI is InChI=1S/C21H32N4O2.HI/c1-2-22-20(24-16-21(9-14-26)10-15-27-17-21)23-11-5-12-25-13-8-18-6-3-4-7-19(18)25;/h3-4,6-8,13,26H,2,5,9-12,14-17H2,1H3,(H2,22,23,24);1H. The Hall–Kier alpha value is -1.32. The monoisotopic (exact) mass is 500 g/mol. The predicted octanol–water partition coefficient (Wildman–Crippen LogP) is 2.99.